The summed E-state index contributed by atoms with van der Waals surface area (Å²) >= 11 is 0. The second-order valence-electron chi connectivity index (χ2n) is 5.09. The molecule has 0 bridgehead atoms. The van der Waals surface area contributed by atoms with Crippen molar-refractivity contribution < 1.29 is 28.9 Å². The Balaban J connectivity index is 1.70. The number of methoxy groups -OCH3 is 1. The van der Waals surface area contributed by atoms with Crippen molar-refractivity contribution >= 4 is 11.9 Å². The molecule has 1 aliphatic heterocycles. The Bertz CT molecular complexity index is 802. The van der Waals surface area contributed by atoms with E-state index in [1.54, 1.807) is 30.3 Å². The molecule has 0 aliphatic carbocycles. The zero-order chi connectivity index (χ0) is 17.1. The minimum absolute atomic E-state index is 0.0485. The highest BCUT2D eigenvalue weighted by Crippen LogP contribution is 2.32. The highest BCUT2D eigenvalue weighted by atomic mass is 16.7. The Morgan fingerprint density at radius 3 is 2.71 bits per heavy atom. The summed E-state index contributed by atoms with van der Waals surface area (Å²) in [6.07, 6.45) is 0. The van der Waals surface area contributed by atoms with Crippen molar-refractivity contribution in [3.8, 4) is 17.2 Å². The first kappa shape index (κ1) is 15.7. The molecular weight excluding hydrogens is 314 g/mol. The number of amides is 1. The molecule has 2 aromatic rings. The SMILES string of the molecule is COc1ccc(CNC(=O)c2ccc3c(c2)OCO3)cc1C(=O)O. The van der Waals surface area contributed by atoms with Crippen LogP contribution in [0.5, 0.6) is 17.2 Å². The molecule has 2 N–H and O–H groups in total. The van der Waals surface area contributed by atoms with Gasteiger partial charge in [0, 0.05) is 12.1 Å². The van der Waals surface area contributed by atoms with E-state index in [1.165, 1.54) is 13.2 Å². The predicted octanol–water partition coefficient (Wildman–Crippen LogP) is 2.05. The topological polar surface area (TPSA) is 94.1 Å². The molecule has 1 amide bonds. The van der Waals surface area contributed by atoms with Gasteiger partial charge in [0.2, 0.25) is 6.79 Å². The summed E-state index contributed by atoms with van der Waals surface area (Å²) < 4.78 is 15.4. The van der Waals surface area contributed by atoms with Crippen LogP contribution in [0.15, 0.2) is 36.4 Å². The van der Waals surface area contributed by atoms with Gasteiger partial charge in [0.15, 0.2) is 11.5 Å². The quantitative estimate of drug-likeness (QED) is 0.872. The van der Waals surface area contributed by atoms with Gasteiger partial charge in [-0.15, -0.1) is 0 Å². The molecule has 7 nitrogen and oxygen atoms in total. The van der Waals surface area contributed by atoms with Gasteiger partial charge in [-0.05, 0) is 35.9 Å². The Labute approximate surface area is 137 Å². The monoisotopic (exact) mass is 329 g/mol. The fraction of sp³-hybridized carbons (Fsp3) is 0.176. The smallest absolute Gasteiger partial charge is 0.339 e. The average Bonchev–Trinajstić information content (AvgIpc) is 3.06. The van der Waals surface area contributed by atoms with Gasteiger partial charge in [-0.2, -0.15) is 0 Å². The number of fused-ring (bicyclic) bond motifs is 1. The summed E-state index contributed by atoms with van der Waals surface area (Å²) in [5, 5.41) is 11.9. The van der Waals surface area contributed by atoms with Crippen molar-refractivity contribution in [3.63, 3.8) is 0 Å². The molecule has 0 unspecified atom stereocenters. The average molecular weight is 329 g/mol. The zero-order valence-corrected chi connectivity index (χ0v) is 12.9. The first-order chi connectivity index (χ1) is 11.6. The first-order valence-corrected chi connectivity index (χ1v) is 7.16. The summed E-state index contributed by atoms with van der Waals surface area (Å²) in [7, 11) is 1.41. The molecule has 7 heteroatoms. The van der Waals surface area contributed by atoms with Crippen LogP contribution >= 0.6 is 0 Å². The van der Waals surface area contributed by atoms with E-state index in [4.69, 9.17) is 14.2 Å². The first-order valence-electron chi connectivity index (χ1n) is 7.16. The maximum Gasteiger partial charge on any atom is 0.339 e. The Morgan fingerprint density at radius 1 is 1.17 bits per heavy atom. The third-order valence-corrected chi connectivity index (χ3v) is 3.58. The van der Waals surface area contributed by atoms with Crippen LogP contribution in [0, 0.1) is 0 Å². The highest BCUT2D eigenvalue weighted by Gasteiger charge is 2.16. The highest BCUT2D eigenvalue weighted by molar-refractivity contribution is 5.95. The van der Waals surface area contributed by atoms with Gasteiger partial charge in [0.25, 0.3) is 5.91 Å². The van der Waals surface area contributed by atoms with E-state index >= 15 is 0 Å². The molecule has 0 saturated carbocycles. The van der Waals surface area contributed by atoms with Crippen molar-refractivity contribution in [2.75, 3.05) is 13.9 Å². The number of benzene rings is 2. The Morgan fingerprint density at radius 2 is 1.96 bits per heavy atom. The van der Waals surface area contributed by atoms with Crippen LogP contribution in [0.1, 0.15) is 26.3 Å². The van der Waals surface area contributed by atoms with Gasteiger partial charge in [0.1, 0.15) is 11.3 Å². The second kappa shape index (κ2) is 6.49. The number of carboxylic acids is 1. The molecule has 0 fully saturated rings. The summed E-state index contributed by atoms with van der Waals surface area (Å²) in [5.74, 6) is 0.0261. The van der Waals surface area contributed by atoms with Gasteiger partial charge in [-0.3, -0.25) is 4.79 Å². The van der Waals surface area contributed by atoms with E-state index in [0.717, 1.165) is 0 Å². The van der Waals surface area contributed by atoms with E-state index in [-0.39, 0.29) is 30.6 Å². The largest absolute Gasteiger partial charge is 0.496 e. The van der Waals surface area contributed by atoms with Crippen LogP contribution in [-0.4, -0.2) is 30.9 Å². The van der Waals surface area contributed by atoms with E-state index in [1.807, 2.05) is 0 Å². The fourth-order valence-corrected chi connectivity index (χ4v) is 2.35. The van der Waals surface area contributed by atoms with Crippen LogP contribution in [0.25, 0.3) is 0 Å². The number of hydrogen-bond acceptors (Lipinski definition) is 5. The molecular formula is C17H15NO6. The van der Waals surface area contributed by atoms with Crippen molar-refractivity contribution in [2.45, 2.75) is 6.54 Å². The number of ether oxygens (including phenoxy) is 3. The molecule has 3 rings (SSSR count). The second-order valence-corrected chi connectivity index (χ2v) is 5.09. The molecule has 0 spiro atoms. The summed E-state index contributed by atoms with van der Waals surface area (Å²) in [6, 6.07) is 9.65. The number of aromatic carboxylic acids is 1. The fourth-order valence-electron chi connectivity index (χ4n) is 2.35. The van der Waals surface area contributed by atoms with Crippen molar-refractivity contribution in [1.82, 2.24) is 5.32 Å². The molecule has 24 heavy (non-hydrogen) atoms. The van der Waals surface area contributed by atoms with Gasteiger partial charge >= 0.3 is 5.97 Å². The van der Waals surface area contributed by atoms with Crippen LogP contribution in [0.3, 0.4) is 0 Å². The Kier molecular flexibility index (Phi) is 4.24. The lowest BCUT2D eigenvalue weighted by molar-refractivity contribution is 0.0693. The predicted molar refractivity (Wildman–Crippen MR) is 83.7 cm³/mol. The van der Waals surface area contributed by atoms with Gasteiger partial charge in [-0.25, -0.2) is 4.79 Å². The number of carbonyl (C=O) groups excluding carboxylic acids is 1. The standard InChI is InChI=1S/C17H15NO6/c1-22-13-4-2-10(6-12(13)17(20)21)8-18-16(19)11-3-5-14-15(7-11)24-9-23-14/h2-7H,8-9H2,1H3,(H,18,19)(H,20,21). The van der Waals surface area contributed by atoms with Gasteiger partial charge in [-0.1, -0.05) is 6.07 Å². The van der Waals surface area contributed by atoms with Crippen molar-refractivity contribution in [2.24, 2.45) is 0 Å². The van der Waals surface area contributed by atoms with Crippen LogP contribution < -0.4 is 19.5 Å². The lowest BCUT2D eigenvalue weighted by atomic mass is 10.1. The number of carboxylic acid groups (broad SMARTS) is 1. The molecule has 1 heterocycles. The maximum absolute atomic E-state index is 12.2. The molecule has 2 aromatic carbocycles. The van der Waals surface area contributed by atoms with Crippen LogP contribution in [0.4, 0.5) is 0 Å². The summed E-state index contributed by atoms with van der Waals surface area (Å²) in [5.41, 5.74) is 1.14. The molecule has 0 atom stereocenters. The van der Waals surface area contributed by atoms with E-state index in [0.29, 0.717) is 22.6 Å². The van der Waals surface area contributed by atoms with Crippen LogP contribution in [-0.2, 0) is 6.54 Å². The normalized spacial score (nSPS) is 11.9. The number of carbonyl (C=O) groups is 2. The lowest BCUT2D eigenvalue weighted by Gasteiger charge is -2.09. The minimum atomic E-state index is -1.09. The van der Waals surface area contributed by atoms with Crippen LogP contribution in [0.2, 0.25) is 0 Å². The van der Waals surface area contributed by atoms with E-state index in [2.05, 4.69) is 5.32 Å². The summed E-state index contributed by atoms with van der Waals surface area (Å²) in [6.45, 7) is 0.335. The number of hydrogen-bond donors (Lipinski definition) is 2. The molecule has 1 aliphatic rings. The molecule has 0 saturated heterocycles. The number of rotatable bonds is 5. The number of nitrogens with one attached hydrogen (secondary N) is 1. The Hall–Kier alpha value is -3.22. The molecule has 124 valence electrons. The van der Waals surface area contributed by atoms with Crippen molar-refractivity contribution in [3.05, 3.63) is 53.1 Å². The maximum atomic E-state index is 12.2. The van der Waals surface area contributed by atoms with Gasteiger partial charge < -0.3 is 24.6 Å². The van der Waals surface area contributed by atoms with Gasteiger partial charge in [0.05, 0.1) is 7.11 Å². The van der Waals surface area contributed by atoms with E-state index < -0.39 is 5.97 Å². The summed E-state index contributed by atoms with van der Waals surface area (Å²) in [4.78, 5) is 23.4. The zero-order valence-electron chi connectivity index (χ0n) is 12.9. The third kappa shape index (κ3) is 3.10. The van der Waals surface area contributed by atoms with E-state index in [9.17, 15) is 14.7 Å². The van der Waals surface area contributed by atoms with Crippen molar-refractivity contribution in [1.29, 1.82) is 0 Å². The third-order valence-electron chi connectivity index (χ3n) is 3.58. The minimum Gasteiger partial charge on any atom is -0.496 e. The lowest BCUT2D eigenvalue weighted by Crippen LogP contribution is -2.22. The molecule has 0 aromatic heterocycles. The molecule has 0 radical (unpaired) electrons.